The third-order valence-corrected chi connectivity index (χ3v) is 2.95. The Balaban J connectivity index is 2.36. The number of anilines is 1. The van der Waals surface area contributed by atoms with Crippen LogP contribution in [0.1, 0.15) is 15.9 Å². The number of hydrogen-bond donors (Lipinski definition) is 1. The van der Waals surface area contributed by atoms with Crippen LogP contribution in [0.2, 0.25) is 5.02 Å². The van der Waals surface area contributed by atoms with E-state index in [-0.39, 0.29) is 5.02 Å². The number of hydrogen-bond acceptors (Lipinski definition) is 1. The number of amides is 1. The van der Waals surface area contributed by atoms with Gasteiger partial charge in [0.1, 0.15) is 11.6 Å². The molecule has 0 aliphatic carbocycles. The number of alkyl halides is 3. The van der Waals surface area contributed by atoms with Gasteiger partial charge in [-0.2, -0.15) is 13.2 Å². The summed E-state index contributed by atoms with van der Waals surface area (Å²) in [5.74, 6) is -3.22. The molecular formula is C14H7ClF5NO. The number of rotatable bonds is 2. The van der Waals surface area contributed by atoms with E-state index in [1.54, 1.807) is 0 Å². The van der Waals surface area contributed by atoms with Crippen LogP contribution in [0.3, 0.4) is 0 Å². The fraction of sp³-hybridized carbons (Fsp3) is 0.0714. The molecule has 22 heavy (non-hydrogen) atoms. The van der Waals surface area contributed by atoms with Crippen molar-refractivity contribution >= 4 is 23.2 Å². The molecule has 2 aromatic rings. The smallest absolute Gasteiger partial charge is 0.321 e. The van der Waals surface area contributed by atoms with E-state index in [1.807, 2.05) is 5.32 Å². The Morgan fingerprint density at radius 2 is 1.73 bits per heavy atom. The van der Waals surface area contributed by atoms with E-state index in [0.717, 1.165) is 24.3 Å². The summed E-state index contributed by atoms with van der Waals surface area (Å²) in [6.45, 7) is 0. The number of halogens is 6. The molecule has 0 saturated heterocycles. The van der Waals surface area contributed by atoms with Gasteiger partial charge in [0.2, 0.25) is 0 Å². The first-order valence-electron chi connectivity index (χ1n) is 5.81. The largest absolute Gasteiger partial charge is 0.418 e. The molecule has 2 rings (SSSR count). The number of nitrogens with one attached hydrogen (secondary N) is 1. The molecule has 0 unspecified atom stereocenters. The van der Waals surface area contributed by atoms with Crippen molar-refractivity contribution in [2.24, 2.45) is 0 Å². The summed E-state index contributed by atoms with van der Waals surface area (Å²) in [4.78, 5) is 11.8. The topological polar surface area (TPSA) is 29.1 Å². The van der Waals surface area contributed by atoms with Gasteiger partial charge in [-0.25, -0.2) is 8.78 Å². The van der Waals surface area contributed by atoms with Gasteiger partial charge in [-0.1, -0.05) is 11.6 Å². The van der Waals surface area contributed by atoms with Crippen LogP contribution in [0.25, 0.3) is 0 Å². The van der Waals surface area contributed by atoms with Crippen LogP contribution in [0.5, 0.6) is 0 Å². The predicted molar refractivity (Wildman–Crippen MR) is 70.8 cm³/mol. The first kappa shape index (κ1) is 16.2. The van der Waals surface area contributed by atoms with E-state index in [0.29, 0.717) is 12.1 Å². The predicted octanol–water partition coefficient (Wildman–Crippen LogP) is 4.89. The van der Waals surface area contributed by atoms with E-state index in [1.165, 1.54) is 0 Å². The molecule has 2 nitrogen and oxygen atoms in total. The van der Waals surface area contributed by atoms with Gasteiger partial charge in [-0.05, 0) is 30.3 Å². The molecule has 1 amide bonds. The van der Waals surface area contributed by atoms with Crippen molar-refractivity contribution in [1.29, 1.82) is 0 Å². The van der Waals surface area contributed by atoms with Gasteiger partial charge in [0, 0.05) is 11.1 Å². The summed E-state index contributed by atoms with van der Waals surface area (Å²) in [5, 5.41) is 1.77. The van der Waals surface area contributed by atoms with Gasteiger partial charge in [0.25, 0.3) is 5.91 Å². The second-order valence-electron chi connectivity index (χ2n) is 4.27. The van der Waals surface area contributed by atoms with Crippen molar-refractivity contribution in [2.45, 2.75) is 6.18 Å². The van der Waals surface area contributed by atoms with Crippen LogP contribution >= 0.6 is 11.6 Å². The third kappa shape index (κ3) is 3.54. The Morgan fingerprint density at radius 1 is 1.05 bits per heavy atom. The van der Waals surface area contributed by atoms with Crippen molar-refractivity contribution in [3.05, 3.63) is 64.2 Å². The summed E-state index contributed by atoms with van der Waals surface area (Å²) in [6, 6.07) is 4.85. The molecule has 1 N–H and O–H groups in total. The Hall–Kier alpha value is -2.15. The lowest BCUT2D eigenvalue weighted by Crippen LogP contribution is -2.17. The van der Waals surface area contributed by atoms with Crippen molar-refractivity contribution in [2.75, 3.05) is 5.32 Å². The summed E-state index contributed by atoms with van der Waals surface area (Å²) in [5.41, 5.74) is -2.33. The van der Waals surface area contributed by atoms with Gasteiger partial charge < -0.3 is 5.32 Å². The van der Waals surface area contributed by atoms with Gasteiger partial charge >= 0.3 is 6.18 Å². The van der Waals surface area contributed by atoms with E-state index < -0.39 is 40.5 Å². The molecule has 0 aliphatic rings. The molecule has 8 heteroatoms. The SMILES string of the molecule is O=C(Nc1ccc(Cl)cc1C(F)(F)F)c1ccc(F)cc1F. The summed E-state index contributed by atoms with van der Waals surface area (Å²) in [6.07, 6.45) is -4.76. The van der Waals surface area contributed by atoms with Gasteiger partial charge in [-0.15, -0.1) is 0 Å². The van der Waals surface area contributed by atoms with E-state index in [2.05, 4.69) is 0 Å². The molecular weight excluding hydrogens is 329 g/mol. The van der Waals surface area contributed by atoms with Crippen LogP contribution in [0.4, 0.5) is 27.6 Å². The Labute approximate surface area is 126 Å². The molecule has 0 atom stereocenters. The Morgan fingerprint density at radius 3 is 2.32 bits per heavy atom. The molecule has 0 radical (unpaired) electrons. The molecule has 0 heterocycles. The Kier molecular flexibility index (Phi) is 4.37. The average Bonchev–Trinajstić information content (AvgIpc) is 2.39. The normalized spacial score (nSPS) is 11.4. The molecule has 0 spiro atoms. The maximum absolute atomic E-state index is 13.5. The maximum atomic E-state index is 13.5. The second-order valence-corrected chi connectivity index (χ2v) is 4.70. The van der Waals surface area contributed by atoms with Gasteiger partial charge in [-0.3, -0.25) is 4.79 Å². The number of carbonyl (C=O) groups excluding carboxylic acids is 1. The molecule has 0 aliphatic heterocycles. The lowest BCUT2D eigenvalue weighted by atomic mass is 10.1. The molecule has 0 fully saturated rings. The van der Waals surface area contributed by atoms with Crippen molar-refractivity contribution in [3.8, 4) is 0 Å². The highest BCUT2D eigenvalue weighted by Gasteiger charge is 2.34. The zero-order valence-corrected chi connectivity index (χ0v) is 11.4. The second kappa shape index (κ2) is 5.92. The highest BCUT2D eigenvalue weighted by Crippen LogP contribution is 2.36. The standard InChI is InChI=1S/C14H7ClF5NO/c15-7-1-4-12(10(5-7)14(18,19)20)21-13(22)9-3-2-8(16)6-11(9)17/h1-6H,(H,21,22). The quantitative estimate of drug-likeness (QED) is 0.778. The molecule has 2 aromatic carbocycles. The minimum absolute atomic E-state index is 0.168. The van der Waals surface area contributed by atoms with E-state index in [9.17, 15) is 26.7 Å². The van der Waals surface area contributed by atoms with Crippen molar-refractivity contribution in [1.82, 2.24) is 0 Å². The summed E-state index contributed by atoms with van der Waals surface area (Å²) >= 11 is 5.50. The summed E-state index contributed by atoms with van der Waals surface area (Å²) < 4.78 is 64.9. The van der Waals surface area contributed by atoms with Crippen LogP contribution in [0.15, 0.2) is 36.4 Å². The molecule has 0 bridgehead atoms. The van der Waals surface area contributed by atoms with Crippen LogP contribution < -0.4 is 5.32 Å². The fourth-order valence-corrected chi connectivity index (χ4v) is 1.90. The number of carbonyl (C=O) groups is 1. The highest BCUT2D eigenvalue weighted by molar-refractivity contribution is 6.30. The fourth-order valence-electron chi connectivity index (χ4n) is 1.72. The molecule has 0 aromatic heterocycles. The third-order valence-electron chi connectivity index (χ3n) is 2.71. The molecule has 116 valence electrons. The van der Waals surface area contributed by atoms with Gasteiger partial charge in [0.15, 0.2) is 0 Å². The van der Waals surface area contributed by atoms with E-state index >= 15 is 0 Å². The lowest BCUT2D eigenvalue weighted by molar-refractivity contribution is -0.136. The maximum Gasteiger partial charge on any atom is 0.418 e. The van der Waals surface area contributed by atoms with Gasteiger partial charge in [0.05, 0.1) is 16.8 Å². The van der Waals surface area contributed by atoms with Crippen LogP contribution in [-0.4, -0.2) is 5.91 Å². The lowest BCUT2D eigenvalue weighted by Gasteiger charge is -2.14. The highest BCUT2D eigenvalue weighted by atomic mass is 35.5. The van der Waals surface area contributed by atoms with Crippen LogP contribution in [-0.2, 0) is 6.18 Å². The Bertz CT molecular complexity index is 730. The monoisotopic (exact) mass is 335 g/mol. The first-order valence-corrected chi connectivity index (χ1v) is 6.19. The van der Waals surface area contributed by atoms with Crippen molar-refractivity contribution in [3.63, 3.8) is 0 Å². The molecule has 0 saturated carbocycles. The minimum atomic E-state index is -4.76. The first-order chi connectivity index (χ1) is 10.2. The van der Waals surface area contributed by atoms with Crippen molar-refractivity contribution < 1.29 is 26.7 Å². The summed E-state index contributed by atoms with van der Waals surface area (Å²) in [7, 11) is 0. The van der Waals surface area contributed by atoms with E-state index in [4.69, 9.17) is 11.6 Å². The zero-order valence-electron chi connectivity index (χ0n) is 10.6. The average molecular weight is 336 g/mol. The number of benzene rings is 2. The minimum Gasteiger partial charge on any atom is -0.321 e. The zero-order chi connectivity index (χ0) is 16.5. The van der Waals surface area contributed by atoms with Crippen LogP contribution in [0, 0.1) is 11.6 Å².